The second-order valence-corrected chi connectivity index (χ2v) is 8.18. The van der Waals surface area contributed by atoms with Crippen LogP contribution in [0.1, 0.15) is 38.5 Å². The minimum Gasteiger partial charge on any atom is -0.171 e. The molecule has 0 heterocycles. The van der Waals surface area contributed by atoms with Crippen LogP contribution in [-0.4, -0.2) is 22.0 Å². The van der Waals surface area contributed by atoms with Crippen LogP contribution in [0, 0.1) is 11.3 Å². The van der Waals surface area contributed by atoms with Gasteiger partial charge >= 0.3 is 6.18 Å². The van der Waals surface area contributed by atoms with Crippen molar-refractivity contribution in [2.24, 2.45) is 11.3 Å². The molecular weight excluding hydrogens is 304 g/mol. The number of halogens is 5. The number of hydrogen-bond acceptors (Lipinski definition) is 1. The van der Waals surface area contributed by atoms with Crippen molar-refractivity contribution in [3.05, 3.63) is 0 Å². The van der Waals surface area contributed by atoms with Crippen LogP contribution in [0.5, 0.6) is 0 Å². The van der Waals surface area contributed by atoms with Gasteiger partial charge in [-0.25, -0.2) is 0 Å². The van der Waals surface area contributed by atoms with E-state index < -0.39 is 16.9 Å². The van der Waals surface area contributed by atoms with E-state index in [9.17, 15) is 13.2 Å². The smallest absolute Gasteiger partial charge is 0.171 e. The zero-order valence-corrected chi connectivity index (χ0v) is 12.4. The van der Waals surface area contributed by atoms with Gasteiger partial charge in [-0.15, -0.1) is 23.2 Å². The summed E-state index contributed by atoms with van der Waals surface area (Å²) in [6.07, 6.45) is 0.363. The molecule has 2 fully saturated rings. The average Bonchev–Trinajstić information content (AvgIpc) is 2.76. The molecule has 0 aromatic heterocycles. The zero-order valence-electron chi connectivity index (χ0n) is 10.0. The summed E-state index contributed by atoms with van der Waals surface area (Å²) in [6, 6.07) is 0. The van der Waals surface area contributed by atoms with Crippen molar-refractivity contribution in [3.63, 3.8) is 0 Å². The monoisotopic (exact) mass is 320 g/mol. The third kappa shape index (κ3) is 3.63. The lowest BCUT2D eigenvalue weighted by Crippen LogP contribution is -2.21. The molecule has 0 aromatic rings. The molecule has 0 bridgehead atoms. The zero-order chi connectivity index (χ0) is 13.4. The fourth-order valence-corrected chi connectivity index (χ4v) is 4.86. The van der Waals surface area contributed by atoms with E-state index in [2.05, 4.69) is 0 Å². The Morgan fingerprint density at radius 3 is 2.17 bits per heavy atom. The lowest BCUT2D eigenvalue weighted by Gasteiger charge is -2.29. The maximum Gasteiger partial charge on any atom is 0.389 e. The van der Waals surface area contributed by atoms with Gasteiger partial charge in [-0.2, -0.15) is 24.9 Å². The molecule has 2 aliphatic rings. The average molecular weight is 321 g/mol. The summed E-state index contributed by atoms with van der Waals surface area (Å²) in [4.78, 5) is 0. The van der Waals surface area contributed by atoms with E-state index in [-0.39, 0.29) is 11.2 Å². The van der Waals surface area contributed by atoms with Gasteiger partial charge in [-0.3, -0.25) is 0 Å². The molecular formula is C12H17Cl2F3S. The van der Waals surface area contributed by atoms with Crippen molar-refractivity contribution >= 4 is 35.0 Å². The molecule has 1 spiro atoms. The van der Waals surface area contributed by atoms with Crippen molar-refractivity contribution in [2.45, 2.75) is 49.0 Å². The van der Waals surface area contributed by atoms with Gasteiger partial charge in [0.15, 0.2) is 0 Å². The summed E-state index contributed by atoms with van der Waals surface area (Å²) >= 11 is 13.7. The molecule has 18 heavy (non-hydrogen) atoms. The summed E-state index contributed by atoms with van der Waals surface area (Å²) in [5.74, 6) is 1.56. The SMILES string of the molecule is FC(F)(F)CCSCC1CCC2(CC1)CC2(Cl)Cl. The molecule has 2 saturated carbocycles. The van der Waals surface area contributed by atoms with E-state index in [1.54, 1.807) is 0 Å². The van der Waals surface area contributed by atoms with Crippen molar-refractivity contribution < 1.29 is 13.2 Å². The lowest BCUT2D eigenvalue weighted by atomic mass is 9.80. The molecule has 2 rings (SSSR count). The molecule has 0 N–H and O–H groups in total. The Balaban J connectivity index is 1.60. The highest BCUT2D eigenvalue weighted by Crippen LogP contribution is 2.70. The van der Waals surface area contributed by atoms with Gasteiger partial charge in [0.25, 0.3) is 0 Å². The van der Waals surface area contributed by atoms with Gasteiger partial charge in [0.1, 0.15) is 4.33 Å². The van der Waals surface area contributed by atoms with Crippen LogP contribution in [-0.2, 0) is 0 Å². The van der Waals surface area contributed by atoms with E-state index in [0.29, 0.717) is 5.92 Å². The Morgan fingerprint density at radius 2 is 1.72 bits per heavy atom. The molecule has 6 heteroatoms. The van der Waals surface area contributed by atoms with Gasteiger partial charge < -0.3 is 0 Å². The molecule has 106 valence electrons. The minimum absolute atomic E-state index is 0.128. The van der Waals surface area contributed by atoms with E-state index in [1.807, 2.05) is 0 Å². The Hall–Kier alpha value is 0.720. The Morgan fingerprint density at radius 1 is 1.17 bits per heavy atom. The molecule has 0 aromatic carbocycles. The Bertz CT molecular complexity index is 296. The molecule has 0 unspecified atom stereocenters. The predicted molar refractivity (Wildman–Crippen MR) is 71.4 cm³/mol. The first-order valence-corrected chi connectivity index (χ1v) is 8.18. The van der Waals surface area contributed by atoms with Crippen LogP contribution >= 0.6 is 35.0 Å². The number of hydrogen-bond donors (Lipinski definition) is 0. The van der Waals surface area contributed by atoms with Crippen LogP contribution in [0.4, 0.5) is 13.2 Å². The summed E-state index contributed by atoms with van der Waals surface area (Å²) < 4.78 is 35.4. The third-order valence-electron chi connectivity index (χ3n) is 4.16. The molecule has 0 amide bonds. The molecule has 0 nitrogen and oxygen atoms in total. The topological polar surface area (TPSA) is 0 Å². The van der Waals surface area contributed by atoms with Crippen LogP contribution in [0.25, 0.3) is 0 Å². The van der Waals surface area contributed by atoms with Crippen LogP contribution in [0.3, 0.4) is 0 Å². The Labute approximate surface area is 120 Å². The van der Waals surface area contributed by atoms with Crippen molar-refractivity contribution in [3.8, 4) is 0 Å². The van der Waals surface area contributed by atoms with Gasteiger partial charge in [0.2, 0.25) is 0 Å². The van der Waals surface area contributed by atoms with Crippen LogP contribution < -0.4 is 0 Å². The summed E-state index contributed by atoms with van der Waals surface area (Å²) in [7, 11) is 0. The summed E-state index contributed by atoms with van der Waals surface area (Å²) in [5, 5.41) is 0. The van der Waals surface area contributed by atoms with Crippen molar-refractivity contribution in [2.75, 3.05) is 11.5 Å². The maximum absolute atomic E-state index is 12.0. The van der Waals surface area contributed by atoms with Crippen LogP contribution in [0.15, 0.2) is 0 Å². The van der Waals surface area contributed by atoms with Crippen molar-refractivity contribution in [1.29, 1.82) is 0 Å². The van der Waals surface area contributed by atoms with E-state index in [0.717, 1.165) is 37.9 Å². The molecule has 0 saturated heterocycles. The largest absolute Gasteiger partial charge is 0.389 e. The van der Waals surface area contributed by atoms with Crippen LogP contribution in [0.2, 0.25) is 0 Å². The first-order valence-electron chi connectivity index (χ1n) is 6.26. The highest BCUT2D eigenvalue weighted by molar-refractivity contribution is 7.99. The number of alkyl halides is 5. The van der Waals surface area contributed by atoms with Gasteiger partial charge in [-0.1, -0.05) is 0 Å². The first-order chi connectivity index (χ1) is 8.24. The highest BCUT2D eigenvalue weighted by Gasteiger charge is 2.65. The second kappa shape index (κ2) is 5.25. The maximum atomic E-state index is 12.0. The standard InChI is InChI=1S/C12H17Cl2F3S/c13-11(14)8-10(11)3-1-9(2-4-10)7-18-6-5-12(15,16)17/h9H,1-8H2. The highest BCUT2D eigenvalue weighted by atomic mass is 35.5. The van der Waals surface area contributed by atoms with E-state index >= 15 is 0 Å². The molecule has 2 aliphatic carbocycles. The third-order valence-corrected chi connectivity index (χ3v) is 6.43. The predicted octanol–water partition coefficient (Wildman–Crippen LogP) is 5.43. The van der Waals surface area contributed by atoms with E-state index in [4.69, 9.17) is 23.2 Å². The second-order valence-electron chi connectivity index (χ2n) is 5.55. The number of rotatable bonds is 4. The molecule has 0 radical (unpaired) electrons. The Kier molecular flexibility index (Phi) is 4.41. The van der Waals surface area contributed by atoms with Crippen molar-refractivity contribution in [1.82, 2.24) is 0 Å². The summed E-state index contributed by atoms with van der Waals surface area (Å²) in [6.45, 7) is 0. The number of thioether (sulfide) groups is 1. The first kappa shape index (κ1) is 15.1. The minimum atomic E-state index is -4.02. The molecule has 0 aliphatic heterocycles. The van der Waals surface area contributed by atoms with E-state index in [1.165, 1.54) is 11.8 Å². The van der Waals surface area contributed by atoms with Gasteiger partial charge in [0, 0.05) is 11.2 Å². The molecule has 0 atom stereocenters. The fourth-order valence-electron chi connectivity index (χ4n) is 2.76. The summed E-state index contributed by atoms with van der Waals surface area (Å²) in [5.41, 5.74) is 0.128. The fraction of sp³-hybridized carbons (Fsp3) is 1.00. The normalized spacial score (nSPS) is 34.8. The quantitative estimate of drug-likeness (QED) is 0.492. The lowest BCUT2D eigenvalue weighted by molar-refractivity contribution is -0.129. The van der Waals surface area contributed by atoms with Gasteiger partial charge in [0.05, 0.1) is 6.42 Å². The van der Waals surface area contributed by atoms with Gasteiger partial charge in [-0.05, 0) is 43.8 Å².